The van der Waals surface area contributed by atoms with Gasteiger partial charge < -0.3 is 5.32 Å². The van der Waals surface area contributed by atoms with Gasteiger partial charge >= 0.3 is 0 Å². The van der Waals surface area contributed by atoms with Crippen molar-refractivity contribution in [1.29, 1.82) is 0 Å². The van der Waals surface area contributed by atoms with Crippen LogP contribution in [-0.4, -0.2) is 6.54 Å². The molecule has 1 aromatic carbocycles. The van der Waals surface area contributed by atoms with Gasteiger partial charge in [0.1, 0.15) is 0 Å². The highest BCUT2D eigenvalue weighted by Gasteiger charge is 1.97. The third-order valence-corrected chi connectivity index (χ3v) is 2.11. The molecule has 0 saturated carbocycles. The van der Waals surface area contributed by atoms with E-state index in [1.807, 2.05) is 12.1 Å². The highest BCUT2D eigenvalue weighted by molar-refractivity contribution is 6.34. The molecule has 1 N–H and O–H groups in total. The lowest BCUT2D eigenvalue weighted by atomic mass is 10.2. The first-order valence-electron chi connectivity index (χ1n) is 4.38. The Kier molecular flexibility index (Phi) is 4.57. The lowest BCUT2D eigenvalue weighted by Crippen LogP contribution is -2.13. The summed E-state index contributed by atoms with van der Waals surface area (Å²) < 4.78 is 0. The van der Waals surface area contributed by atoms with E-state index >= 15 is 0 Å². The molecule has 3 heteroatoms. The Bertz CT molecular complexity index is 253. The largest absolute Gasteiger partial charge is 0.313 e. The van der Waals surface area contributed by atoms with Gasteiger partial charge in [-0.15, -0.1) is 0 Å². The first-order valence-corrected chi connectivity index (χ1v) is 5.13. The van der Waals surface area contributed by atoms with Gasteiger partial charge in [-0.1, -0.05) is 30.1 Å². The second-order valence-electron chi connectivity index (χ2n) is 2.95. The Morgan fingerprint density at radius 1 is 1.15 bits per heavy atom. The molecule has 0 aromatic heterocycles. The summed E-state index contributed by atoms with van der Waals surface area (Å²) in [4.78, 5) is 0. The van der Waals surface area contributed by atoms with Crippen LogP contribution in [0.4, 0.5) is 0 Å². The number of hydrogen-bond acceptors (Lipinski definition) is 1. The molecule has 0 spiro atoms. The van der Waals surface area contributed by atoms with Crippen LogP contribution in [0.25, 0.3) is 0 Å². The molecule has 0 bridgehead atoms. The van der Waals surface area contributed by atoms with Crippen molar-refractivity contribution >= 4 is 23.2 Å². The van der Waals surface area contributed by atoms with Crippen LogP contribution < -0.4 is 5.32 Å². The predicted molar refractivity (Wildman–Crippen MR) is 58.5 cm³/mol. The normalized spacial score (nSPS) is 10.4. The van der Waals surface area contributed by atoms with Crippen LogP contribution in [0.5, 0.6) is 0 Å². The Labute approximate surface area is 89.0 Å². The molecule has 13 heavy (non-hydrogen) atoms. The molecule has 0 atom stereocenters. The average Bonchev–Trinajstić information content (AvgIpc) is 2.03. The molecular formula is C10H13Cl2N. The molecule has 0 fully saturated rings. The Morgan fingerprint density at radius 3 is 2.31 bits per heavy atom. The van der Waals surface area contributed by atoms with E-state index in [9.17, 15) is 0 Å². The minimum Gasteiger partial charge on any atom is -0.313 e. The first kappa shape index (κ1) is 10.8. The average molecular weight is 218 g/mol. The Hall–Kier alpha value is -0.240. The van der Waals surface area contributed by atoms with Crippen molar-refractivity contribution in [2.24, 2.45) is 0 Å². The molecule has 0 unspecified atom stereocenters. The molecule has 0 aliphatic heterocycles. The zero-order valence-electron chi connectivity index (χ0n) is 7.61. The molecule has 1 rings (SSSR count). The van der Waals surface area contributed by atoms with Gasteiger partial charge in [0.2, 0.25) is 0 Å². The molecule has 1 nitrogen and oxygen atoms in total. The van der Waals surface area contributed by atoms with Crippen LogP contribution in [0.15, 0.2) is 18.2 Å². The van der Waals surface area contributed by atoms with E-state index in [0.29, 0.717) is 10.0 Å². The Balaban J connectivity index is 2.56. The molecule has 1 aromatic rings. The lowest BCUT2D eigenvalue weighted by Gasteiger charge is -2.04. The summed E-state index contributed by atoms with van der Waals surface area (Å²) in [5.41, 5.74) is 1.13. The molecule has 0 aliphatic rings. The zero-order chi connectivity index (χ0) is 9.68. The Morgan fingerprint density at radius 2 is 1.77 bits per heavy atom. The highest BCUT2D eigenvalue weighted by Crippen LogP contribution is 2.18. The van der Waals surface area contributed by atoms with E-state index in [2.05, 4.69) is 12.2 Å². The maximum atomic E-state index is 5.85. The maximum Gasteiger partial charge on any atom is 0.0424 e. The quantitative estimate of drug-likeness (QED) is 0.762. The summed E-state index contributed by atoms with van der Waals surface area (Å²) >= 11 is 11.7. The summed E-state index contributed by atoms with van der Waals surface area (Å²) in [7, 11) is 0. The van der Waals surface area contributed by atoms with Gasteiger partial charge in [0, 0.05) is 16.6 Å². The molecule has 0 amide bonds. The summed E-state index contributed by atoms with van der Waals surface area (Å²) in [6, 6.07) is 5.60. The summed E-state index contributed by atoms with van der Waals surface area (Å²) in [5.74, 6) is 0. The number of nitrogens with one attached hydrogen (secondary N) is 1. The SMILES string of the molecule is CCCNCc1cc(Cl)cc(Cl)c1. The van der Waals surface area contributed by atoms with Crippen LogP contribution in [0.3, 0.4) is 0 Å². The van der Waals surface area contributed by atoms with Crippen LogP contribution in [0.1, 0.15) is 18.9 Å². The van der Waals surface area contributed by atoms with Crippen LogP contribution in [0.2, 0.25) is 10.0 Å². The van der Waals surface area contributed by atoms with Crippen LogP contribution in [-0.2, 0) is 6.54 Å². The van der Waals surface area contributed by atoms with Gasteiger partial charge in [0.05, 0.1) is 0 Å². The van der Waals surface area contributed by atoms with Crippen molar-refractivity contribution in [2.75, 3.05) is 6.54 Å². The number of hydrogen-bond donors (Lipinski definition) is 1. The molecule has 0 radical (unpaired) electrons. The first-order chi connectivity index (χ1) is 6.22. The topological polar surface area (TPSA) is 12.0 Å². The molecule has 72 valence electrons. The fraction of sp³-hybridized carbons (Fsp3) is 0.400. The van der Waals surface area contributed by atoms with E-state index < -0.39 is 0 Å². The highest BCUT2D eigenvalue weighted by atomic mass is 35.5. The summed E-state index contributed by atoms with van der Waals surface area (Å²) in [6.45, 7) is 3.98. The molecule has 0 aliphatic carbocycles. The van der Waals surface area contributed by atoms with Gasteiger partial charge in [-0.2, -0.15) is 0 Å². The smallest absolute Gasteiger partial charge is 0.0424 e. The van der Waals surface area contributed by atoms with Crippen molar-refractivity contribution < 1.29 is 0 Å². The number of benzene rings is 1. The minimum atomic E-state index is 0.695. The van der Waals surface area contributed by atoms with Crippen molar-refractivity contribution in [3.05, 3.63) is 33.8 Å². The second-order valence-corrected chi connectivity index (χ2v) is 3.83. The standard InChI is InChI=1S/C10H13Cl2N/c1-2-3-13-7-8-4-9(11)6-10(12)5-8/h4-6,13H,2-3,7H2,1H3. The van der Waals surface area contributed by atoms with E-state index in [1.54, 1.807) is 6.07 Å². The van der Waals surface area contributed by atoms with Gasteiger partial charge in [0.15, 0.2) is 0 Å². The van der Waals surface area contributed by atoms with Crippen LogP contribution in [0, 0.1) is 0 Å². The number of rotatable bonds is 4. The van der Waals surface area contributed by atoms with Gasteiger partial charge in [0.25, 0.3) is 0 Å². The second kappa shape index (κ2) is 5.48. The third-order valence-electron chi connectivity index (χ3n) is 1.68. The van der Waals surface area contributed by atoms with Crippen molar-refractivity contribution in [1.82, 2.24) is 5.32 Å². The maximum absolute atomic E-state index is 5.85. The predicted octanol–water partition coefficient (Wildman–Crippen LogP) is 3.49. The monoisotopic (exact) mass is 217 g/mol. The number of halogens is 2. The van der Waals surface area contributed by atoms with Gasteiger partial charge in [-0.25, -0.2) is 0 Å². The molecule has 0 heterocycles. The van der Waals surface area contributed by atoms with Crippen molar-refractivity contribution in [2.45, 2.75) is 19.9 Å². The summed E-state index contributed by atoms with van der Waals surface area (Å²) in [5, 5.41) is 4.68. The van der Waals surface area contributed by atoms with Crippen molar-refractivity contribution in [3.8, 4) is 0 Å². The summed E-state index contributed by atoms with van der Waals surface area (Å²) in [6.07, 6.45) is 1.13. The fourth-order valence-corrected chi connectivity index (χ4v) is 1.69. The van der Waals surface area contributed by atoms with Crippen molar-refractivity contribution in [3.63, 3.8) is 0 Å². The van der Waals surface area contributed by atoms with Crippen LogP contribution >= 0.6 is 23.2 Å². The third kappa shape index (κ3) is 3.99. The van der Waals surface area contributed by atoms with E-state index in [1.165, 1.54) is 0 Å². The van der Waals surface area contributed by atoms with Gasteiger partial charge in [-0.3, -0.25) is 0 Å². The fourth-order valence-electron chi connectivity index (χ4n) is 1.12. The minimum absolute atomic E-state index is 0.695. The molecule has 0 saturated heterocycles. The van der Waals surface area contributed by atoms with E-state index in [-0.39, 0.29) is 0 Å². The van der Waals surface area contributed by atoms with Gasteiger partial charge in [-0.05, 0) is 36.7 Å². The van der Waals surface area contributed by atoms with E-state index in [0.717, 1.165) is 25.1 Å². The zero-order valence-corrected chi connectivity index (χ0v) is 9.12. The molecular weight excluding hydrogens is 205 g/mol. The van der Waals surface area contributed by atoms with E-state index in [4.69, 9.17) is 23.2 Å². The lowest BCUT2D eigenvalue weighted by molar-refractivity contribution is 0.675.